The average molecular weight is 358 g/mol. The standard InChI is InChI=1S/C22H22N4O/c23-11-18(12-24)22(16-7-13-6-14(9-16)10-17(22)8-13)19-20(25-26-21(19)27)15-4-2-1-3-5-15/h1-5,13-14,16-18H,6-10H2,(H2,25,26,27). The summed E-state index contributed by atoms with van der Waals surface area (Å²) >= 11 is 0. The highest BCUT2D eigenvalue weighted by molar-refractivity contribution is 5.65. The minimum Gasteiger partial charge on any atom is -0.297 e. The first kappa shape index (κ1) is 16.4. The molecule has 0 radical (unpaired) electrons. The van der Waals surface area contributed by atoms with Gasteiger partial charge in [0.15, 0.2) is 0 Å². The Balaban J connectivity index is 1.78. The summed E-state index contributed by atoms with van der Waals surface area (Å²) in [6, 6.07) is 14.4. The fourth-order valence-corrected chi connectivity index (χ4v) is 6.82. The predicted molar refractivity (Wildman–Crippen MR) is 100 cm³/mol. The molecule has 4 saturated carbocycles. The Morgan fingerprint density at radius 2 is 1.52 bits per heavy atom. The third-order valence-electron chi connectivity index (χ3n) is 7.50. The zero-order valence-electron chi connectivity index (χ0n) is 15.1. The second-order valence-corrected chi connectivity index (χ2v) is 8.62. The highest BCUT2D eigenvalue weighted by atomic mass is 16.1. The van der Waals surface area contributed by atoms with Crippen LogP contribution in [0.15, 0.2) is 35.1 Å². The SMILES string of the molecule is N#CC(C#N)C1(c2c(-c3ccccc3)[nH][nH]c2=O)C2CC3CC(C2)CC1C3. The fourth-order valence-electron chi connectivity index (χ4n) is 6.82. The molecule has 2 aromatic rings. The van der Waals surface area contributed by atoms with Crippen molar-refractivity contribution in [3.8, 4) is 23.4 Å². The Morgan fingerprint density at radius 3 is 2.07 bits per heavy atom. The molecule has 4 aliphatic carbocycles. The molecule has 4 fully saturated rings. The van der Waals surface area contributed by atoms with Crippen LogP contribution in [0.3, 0.4) is 0 Å². The molecule has 27 heavy (non-hydrogen) atoms. The van der Waals surface area contributed by atoms with E-state index in [2.05, 4.69) is 22.3 Å². The molecule has 2 N–H and O–H groups in total. The molecule has 0 saturated heterocycles. The van der Waals surface area contributed by atoms with Gasteiger partial charge in [-0.15, -0.1) is 0 Å². The van der Waals surface area contributed by atoms with Gasteiger partial charge in [0.1, 0.15) is 5.92 Å². The van der Waals surface area contributed by atoms with E-state index in [-0.39, 0.29) is 17.4 Å². The Labute approximate surface area is 158 Å². The van der Waals surface area contributed by atoms with E-state index in [9.17, 15) is 15.3 Å². The maximum Gasteiger partial charge on any atom is 0.268 e. The summed E-state index contributed by atoms with van der Waals surface area (Å²) in [5.41, 5.74) is 1.49. The van der Waals surface area contributed by atoms with Gasteiger partial charge >= 0.3 is 0 Å². The molecule has 1 heterocycles. The lowest BCUT2D eigenvalue weighted by Crippen LogP contribution is -2.60. The van der Waals surface area contributed by atoms with Gasteiger partial charge < -0.3 is 0 Å². The molecular weight excluding hydrogens is 336 g/mol. The maximum atomic E-state index is 13.1. The molecule has 1 aromatic carbocycles. The number of nitrogens with one attached hydrogen (secondary N) is 2. The van der Waals surface area contributed by atoms with E-state index in [0.29, 0.717) is 17.4 Å². The van der Waals surface area contributed by atoms with Crippen LogP contribution >= 0.6 is 0 Å². The van der Waals surface area contributed by atoms with Gasteiger partial charge in [0.2, 0.25) is 0 Å². The molecule has 5 nitrogen and oxygen atoms in total. The molecule has 4 aliphatic rings. The van der Waals surface area contributed by atoms with Gasteiger partial charge in [0.25, 0.3) is 5.56 Å². The lowest BCUT2D eigenvalue weighted by Gasteiger charge is -2.61. The van der Waals surface area contributed by atoms with Crippen LogP contribution in [0.25, 0.3) is 11.3 Å². The summed E-state index contributed by atoms with van der Waals surface area (Å²) in [6.07, 6.45) is 5.41. The van der Waals surface area contributed by atoms with Gasteiger partial charge in [-0.1, -0.05) is 30.3 Å². The average Bonchev–Trinajstić information content (AvgIpc) is 3.07. The second-order valence-electron chi connectivity index (χ2n) is 8.62. The van der Waals surface area contributed by atoms with Crippen molar-refractivity contribution in [3.05, 3.63) is 46.2 Å². The van der Waals surface area contributed by atoms with Crippen LogP contribution in [0.5, 0.6) is 0 Å². The number of benzene rings is 1. The number of hydrogen-bond acceptors (Lipinski definition) is 3. The van der Waals surface area contributed by atoms with Crippen molar-refractivity contribution in [3.63, 3.8) is 0 Å². The zero-order valence-corrected chi connectivity index (χ0v) is 15.1. The van der Waals surface area contributed by atoms with Crippen LogP contribution in [-0.2, 0) is 5.41 Å². The lowest BCUT2D eigenvalue weighted by atomic mass is 9.41. The number of hydrogen-bond donors (Lipinski definition) is 2. The van der Waals surface area contributed by atoms with E-state index in [4.69, 9.17) is 0 Å². The first-order valence-corrected chi connectivity index (χ1v) is 9.84. The van der Waals surface area contributed by atoms with Crippen LogP contribution in [-0.4, -0.2) is 10.2 Å². The van der Waals surface area contributed by atoms with Gasteiger partial charge in [0.05, 0.1) is 23.4 Å². The van der Waals surface area contributed by atoms with Crippen LogP contribution < -0.4 is 5.56 Å². The molecule has 0 atom stereocenters. The van der Waals surface area contributed by atoms with Crippen molar-refractivity contribution >= 4 is 0 Å². The van der Waals surface area contributed by atoms with E-state index in [1.165, 1.54) is 6.42 Å². The molecule has 136 valence electrons. The second kappa shape index (κ2) is 5.86. The smallest absolute Gasteiger partial charge is 0.268 e. The number of nitriles is 2. The molecule has 0 amide bonds. The molecular formula is C22H22N4O. The summed E-state index contributed by atoms with van der Waals surface area (Å²) in [5, 5.41) is 25.7. The Kier molecular flexibility index (Phi) is 3.56. The molecule has 0 spiro atoms. The van der Waals surface area contributed by atoms with E-state index in [1.54, 1.807) is 0 Å². The molecule has 0 unspecified atom stereocenters. The molecule has 5 heteroatoms. The van der Waals surface area contributed by atoms with Gasteiger partial charge in [-0.25, -0.2) is 0 Å². The molecule has 6 rings (SSSR count). The molecule has 4 bridgehead atoms. The van der Waals surface area contributed by atoms with Gasteiger partial charge in [-0.2, -0.15) is 10.5 Å². The zero-order chi connectivity index (χ0) is 18.6. The molecule has 1 aromatic heterocycles. The summed E-state index contributed by atoms with van der Waals surface area (Å²) in [7, 11) is 0. The van der Waals surface area contributed by atoms with Crippen LogP contribution in [0.1, 0.15) is 37.7 Å². The Morgan fingerprint density at radius 1 is 0.926 bits per heavy atom. The highest BCUT2D eigenvalue weighted by Gasteiger charge is 2.63. The number of aromatic amines is 2. The van der Waals surface area contributed by atoms with E-state index in [1.807, 2.05) is 30.3 Å². The fraction of sp³-hybridized carbons (Fsp3) is 0.500. The Bertz CT molecular complexity index is 961. The number of rotatable bonds is 3. The highest BCUT2D eigenvalue weighted by Crippen LogP contribution is 2.65. The van der Waals surface area contributed by atoms with Gasteiger partial charge in [-0.05, 0) is 61.3 Å². The Hall–Kier alpha value is -2.79. The topological polar surface area (TPSA) is 96.2 Å². The van der Waals surface area contributed by atoms with E-state index < -0.39 is 11.3 Å². The van der Waals surface area contributed by atoms with Crippen LogP contribution in [0, 0.1) is 52.3 Å². The first-order chi connectivity index (χ1) is 13.2. The van der Waals surface area contributed by atoms with Crippen molar-refractivity contribution in [2.45, 2.75) is 37.5 Å². The molecule has 0 aliphatic heterocycles. The summed E-state index contributed by atoms with van der Waals surface area (Å²) in [4.78, 5) is 13.1. The van der Waals surface area contributed by atoms with Crippen molar-refractivity contribution in [1.29, 1.82) is 10.5 Å². The first-order valence-electron chi connectivity index (χ1n) is 9.84. The van der Waals surface area contributed by atoms with E-state index >= 15 is 0 Å². The monoisotopic (exact) mass is 358 g/mol. The third kappa shape index (κ3) is 2.12. The summed E-state index contributed by atoms with van der Waals surface area (Å²) in [5.74, 6) is 1.05. The van der Waals surface area contributed by atoms with Crippen molar-refractivity contribution in [2.24, 2.45) is 29.6 Å². The normalized spacial score (nSPS) is 33.7. The van der Waals surface area contributed by atoms with Gasteiger partial charge in [-0.3, -0.25) is 15.0 Å². The quantitative estimate of drug-likeness (QED) is 0.875. The van der Waals surface area contributed by atoms with Crippen molar-refractivity contribution in [2.75, 3.05) is 0 Å². The minimum absolute atomic E-state index is 0.170. The van der Waals surface area contributed by atoms with Crippen LogP contribution in [0.4, 0.5) is 0 Å². The number of H-pyrrole nitrogens is 2. The van der Waals surface area contributed by atoms with Crippen molar-refractivity contribution < 1.29 is 0 Å². The number of aromatic nitrogens is 2. The third-order valence-corrected chi connectivity index (χ3v) is 7.50. The minimum atomic E-state index is -0.799. The summed E-state index contributed by atoms with van der Waals surface area (Å²) in [6.45, 7) is 0. The van der Waals surface area contributed by atoms with Crippen molar-refractivity contribution in [1.82, 2.24) is 10.2 Å². The van der Waals surface area contributed by atoms with Crippen LogP contribution in [0.2, 0.25) is 0 Å². The predicted octanol–water partition coefficient (Wildman–Crippen LogP) is 3.73. The van der Waals surface area contributed by atoms with E-state index in [0.717, 1.165) is 36.9 Å². The summed E-state index contributed by atoms with van der Waals surface area (Å²) < 4.78 is 0. The lowest BCUT2D eigenvalue weighted by molar-refractivity contribution is -0.0709. The number of nitrogens with zero attached hydrogens (tertiary/aromatic N) is 2. The van der Waals surface area contributed by atoms with Gasteiger partial charge in [0, 0.05) is 5.41 Å². The maximum absolute atomic E-state index is 13.1. The largest absolute Gasteiger partial charge is 0.297 e.